The minimum absolute atomic E-state index is 0.153. The lowest BCUT2D eigenvalue weighted by atomic mass is 9.68. The van der Waals surface area contributed by atoms with E-state index in [-0.39, 0.29) is 5.41 Å². The van der Waals surface area contributed by atoms with Crippen LogP contribution >= 0.6 is 15.9 Å². The molecule has 94 valence electrons. The smallest absolute Gasteiger partial charge is 0.169 e. The first-order chi connectivity index (χ1) is 8.15. The molecule has 0 amide bonds. The Labute approximate surface area is 110 Å². The fourth-order valence-corrected chi connectivity index (χ4v) is 4.26. The first kappa shape index (κ1) is 11.8. The number of fused-ring (bicyclic) bond motifs is 2. The van der Waals surface area contributed by atoms with E-state index in [1.165, 1.54) is 19.3 Å². The fraction of sp³-hybridized carbons (Fsp3) is 0.692. The second-order valence-corrected chi connectivity index (χ2v) is 6.34. The Bertz CT molecular complexity index is 419. The molecule has 0 spiro atoms. The van der Waals surface area contributed by atoms with Gasteiger partial charge in [0.05, 0.1) is 0 Å². The van der Waals surface area contributed by atoms with Gasteiger partial charge in [0.1, 0.15) is 11.9 Å². The van der Waals surface area contributed by atoms with Crippen LogP contribution in [0.5, 0.6) is 0 Å². The van der Waals surface area contributed by atoms with Crippen molar-refractivity contribution in [1.29, 1.82) is 0 Å². The van der Waals surface area contributed by atoms with Crippen LogP contribution in [0.1, 0.15) is 37.5 Å². The molecule has 1 aromatic heterocycles. The second kappa shape index (κ2) is 4.11. The maximum atomic E-state index is 10.6. The zero-order valence-corrected chi connectivity index (χ0v) is 11.3. The number of aliphatic hydroxyl groups excluding tert-OH is 1. The number of hydrogen-bond donors (Lipinski definition) is 2. The molecule has 4 heteroatoms. The molecule has 4 unspecified atom stereocenters. The molecule has 3 rings (SSSR count). The highest BCUT2D eigenvalue weighted by Crippen LogP contribution is 2.60. The zero-order valence-electron chi connectivity index (χ0n) is 9.73. The Morgan fingerprint density at radius 3 is 2.82 bits per heavy atom. The van der Waals surface area contributed by atoms with E-state index in [0.717, 1.165) is 12.3 Å². The van der Waals surface area contributed by atoms with Crippen LogP contribution in [0.2, 0.25) is 0 Å². The normalized spacial score (nSPS) is 37.6. The number of hydrogen-bond acceptors (Lipinski definition) is 3. The molecule has 2 aliphatic rings. The van der Waals surface area contributed by atoms with E-state index in [1.54, 1.807) is 0 Å². The Hall–Kier alpha value is -0.320. The second-order valence-electron chi connectivity index (χ2n) is 5.56. The van der Waals surface area contributed by atoms with Crippen LogP contribution < -0.4 is 5.73 Å². The minimum Gasteiger partial charge on any atom is -0.452 e. The molecule has 2 aliphatic carbocycles. The van der Waals surface area contributed by atoms with Crippen molar-refractivity contribution < 1.29 is 9.52 Å². The van der Waals surface area contributed by atoms with Crippen LogP contribution in [0, 0.1) is 17.3 Å². The lowest BCUT2D eigenvalue weighted by Crippen LogP contribution is -2.41. The molecule has 2 fully saturated rings. The van der Waals surface area contributed by atoms with Gasteiger partial charge < -0.3 is 15.3 Å². The number of nitrogens with two attached hydrogens (primary N) is 1. The highest BCUT2D eigenvalue weighted by atomic mass is 79.9. The van der Waals surface area contributed by atoms with E-state index in [4.69, 9.17) is 10.2 Å². The summed E-state index contributed by atoms with van der Waals surface area (Å²) >= 11 is 3.28. The van der Waals surface area contributed by atoms with Crippen LogP contribution in [0.4, 0.5) is 0 Å². The van der Waals surface area contributed by atoms with Crippen LogP contribution in [-0.4, -0.2) is 11.7 Å². The lowest BCUT2D eigenvalue weighted by Gasteiger charge is -2.39. The van der Waals surface area contributed by atoms with Gasteiger partial charge >= 0.3 is 0 Å². The predicted molar refractivity (Wildman–Crippen MR) is 68.3 cm³/mol. The minimum atomic E-state index is -0.561. The molecule has 1 heterocycles. The summed E-state index contributed by atoms with van der Waals surface area (Å²) < 4.78 is 6.17. The summed E-state index contributed by atoms with van der Waals surface area (Å²) in [5, 5.41) is 10.6. The van der Waals surface area contributed by atoms with E-state index in [9.17, 15) is 5.11 Å². The summed E-state index contributed by atoms with van der Waals surface area (Å²) in [6.45, 7) is 0.549. The van der Waals surface area contributed by atoms with Gasteiger partial charge in [-0.25, -0.2) is 0 Å². The van der Waals surface area contributed by atoms with Gasteiger partial charge in [-0.1, -0.05) is 6.42 Å². The van der Waals surface area contributed by atoms with E-state index in [2.05, 4.69) is 15.9 Å². The molecule has 3 nitrogen and oxygen atoms in total. The van der Waals surface area contributed by atoms with E-state index < -0.39 is 6.10 Å². The summed E-state index contributed by atoms with van der Waals surface area (Å²) in [6.07, 6.45) is 4.24. The Morgan fingerprint density at radius 1 is 1.53 bits per heavy atom. The third-order valence-electron chi connectivity index (χ3n) is 4.81. The maximum Gasteiger partial charge on any atom is 0.169 e. The van der Waals surface area contributed by atoms with Crippen molar-refractivity contribution in [3.63, 3.8) is 0 Å². The van der Waals surface area contributed by atoms with Gasteiger partial charge in [0, 0.05) is 12.0 Å². The third-order valence-corrected chi connectivity index (χ3v) is 5.24. The van der Waals surface area contributed by atoms with Crippen molar-refractivity contribution in [3.05, 3.63) is 22.6 Å². The first-order valence-electron chi connectivity index (χ1n) is 6.29. The quantitative estimate of drug-likeness (QED) is 0.902. The number of furan rings is 1. The standard InChI is InChI=1S/C13H18BrNO2/c14-11-4-3-10(17-11)12(16)13(7-15)6-8-1-2-9(13)5-8/h3-4,8-9,12,16H,1-2,5-7,15H2. The molecule has 2 saturated carbocycles. The van der Waals surface area contributed by atoms with Gasteiger partial charge in [-0.05, 0) is 59.2 Å². The fourth-order valence-electron chi connectivity index (χ4n) is 3.94. The van der Waals surface area contributed by atoms with Crippen molar-refractivity contribution in [2.75, 3.05) is 6.54 Å². The molecule has 0 aliphatic heterocycles. The summed E-state index contributed by atoms with van der Waals surface area (Å²) in [5.41, 5.74) is 5.83. The molecule has 0 radical (unpaired) electrons. The van der Waals surface area contributed by atoms with E-state index in [1.807, 2.05) is 12.1 Å². The van der Waals surface area contributed by atoms with Crippen LogP contribution in [0.25, 0.3) is 0 Å². The van der Waals surface area contributed by atoms with Gasteiger partial charge in [-0.3, -0.25) is 0 Å². The lowest BCUT2D eigenvalue weighted by molar-refractivity contribution is -0.0264. The van der Waals surface area contributed by atoms with Crippen molar-refractivity contribution in [3.8, 4) is 0 Å². The SMILES string of the molecule is NCC1(C(O)c2ccc(Br)o2)CC2CCC1C2. The Balaban J connectivity index is 1.91. The van der Waals surface area contributed by atoms with Gasteiger partial charge in [-0.2, -0.15) is 0 Å². The largest absolute Gasteiger partial charge is 0.452 e. The summed E-state index contributed by atoms with van der Waals surface area (Å²) in [5.74, 6) is 1.97. The topological polar surface area (TPSA) is 59.4 Å². The van der Waals surface area contributed by atoms with Crippen LogP contribution in [0.3, 0.4) is 0 Å². The van der Waals surface area contributed by atoms with Crippen LogP contribution in [-0.2, 0) is 0 Å². The molecule has 0 aromatic carbocycles. The Morgan fingerprint density at radius 2 is 2.35 bits per heavy atom. The maximum absolute atomic E-state index is 10.6. The highest BCUT2D eigenvalue weighted by molar-refractivity contribution is 9.10. The zero-order chi connectivity index (χ0) is 12.0. The summed E-state index contributed by atoms with van der Waals surface area (Å²) in [4.78, 5) is 0. The molecule has 4 atom stereocenters. The van der Waals surface area contributed by atoms with Crippen molar-refractivity contribution in [2.45, 2.75) is 31.8 Å². The average Bonchev–Trinajstić information content (AvgIpc) is 3.02. The Kier molecular flexibility index (Phi) is 2.84. The predicted octanol–water partition coefficient (Wildman–Crippen LogP) is 2.84. The van der Waals surface area contributed by atoms with E-state index >= 15 is 0 Å². The molecule has 2 bridgehead atoms. The third kappa shape index (κ3) is 1.69. The summed E-state index contributed by atoms with van der Waals surface area (Å²) in [7, 11) is 0. The molecule has 0 saturated heterocycles. The summed E-state index contributed by atoms with van der Waals surface area (Å²) in [6, 6.07) is 3.67. The molecular weight excluding hydrogens is 282 g/mol. The highest BCUT2D eigenvalue weighted by Gasteiger charge is 2.54. The van der Waals surface area contributed by atoms with Crippen LogP contribution in [0.15, 0.2) is 21.2 Å². The van der Waals surface area contributed by atoms with Crippen molar-refractivity contribution >= 4 is 15.9 Å². The van der Waals surface area contributed by atoms with E-state index in [0.29, 0.717) is 22.9 Å². The van der Waals surface area contributed by atoms with Gasteiger partial charge in [0.15, 0.2) is 4.67 Å². The molecular formula is C13H18BrNO2. The number of rotatable bonds is 3. The monoisotopic (exact) mass is 299 g/mol. The average molecular weight is 300 g/mol. The van der Waals surface area contributed by atoms with Crippen molar-refractivity contribution in [2.24, 2.45) is 23.0 Å². The molecule has 3 N–H and O–H groups in total. The number of halogens is 1. The van der Waals surface area contributed by atoms with Gasteiger partial charge in [-0.15, -0.1) is 0 Å². The molecule has 17 heavy (non-hydrogen) atoms. The first-order valence-corrected chi connectivity index (χ1v) is 7.08. The van der Waals surface area contributed by atoms with Gasteiger partial charge in [0.2, 0.25) is 0 Å². The number of aliphatic hydroxyl groups is 1. The van der Waals surface area contributed by atoms with Crippen molar-refractivity contribution in [1.82, 2.24) is 0 Å². The molecule has 1 aromatic rings. The van der Waals surface area contributed by atoms with Gasteiger partial charge in [0.25, 0.3) is 0 Å².